The molecule has 8 nitrogen and oxygen atoms in total. The van der Waals surface area contributed by atoms with E-state index in [1.165, 1.54) is 14.0 Å². The molecule has 0 aliphatic carbocycles. The molecule has 1 saturated heterocycles. The molecule has 0 radical (unpaired) electrons. The summed E-state index contributed by atoms with van der Waals surface area (Å²) in [5, 5.41) is 4.75. The van der Waals surface area contributed by atoms with Gasteiger partial charge in [-0.1, -0.05) is 20.3 Å². The number of nitrogens with zero attached hydrogens (tertiary/aromatic N) is 1. The third-order valence-corrected chi connectivity index (χ3v) is 5.03. The average molecular weight is 411 g/mol. The van der Waals surface area contributed by atoms with Crippen LogP contribution in [-0.2, 0) is 24.7 Å². The van der Waals surface area contributed by atoms with Crippen LogP contribution >= 0.6 is 0 Å². The van der Waals surface area contributed by atoms with E-state index in [1.807, 2.05) is 6.92 Å². The SMILES string of the molecule is CC[C@@H](C)[C@H](NC(=O)CN1C(=O)N[C@](C)(c2cc(F)ccc2F)C1=O)C(=O)OC. The molecule has 4 amide bonds. The number of hydrogen-bond acceptors (Lipinski definition) is 5. The standard InChI is InChI=1S/C19H23F2N3O5/c1-5-10(2)15(16(26)29-4)22-14(25)9-24-17(27)19(3,23-18(24)28)12-8-11(20)6-7-13(12)21/h6-8,10,15H,5,9H2,1-4H3,(H,22,25)(H,23,28)/t10-,15+,19-/m1/s1. The van der Waals surface area contributed by atoms with Gasteiger partial charge < -0.3 is 15.4 Å². The molecular formula is C19H23F2N3O5. The Morgan fingerprint density at radius 2 is 1.97 bits per heavy atom. The zero-order valence-electron chi connectivity index (χ0n) is 16.5. The Balaban J connectivity index is 2.20. The predicted molar refractivity (Wildman–Crippen MR) is 97.4 cm³/mol. The molecule has 158 valence electrons. The Labute approximate surface area is 166 Å². The van der Waals surface area contributed by atoms with Crippen LogP contribution in [0.5, 0.6) is 0 Å². The van der Waals surface area contributed by atoms with Crippen LogP contribution in [0.2, 0.25) is 0 Å². The molecule has 2 N–H and O–H groups in total. The van der Waals surface area contributed by atoms with Crippen molar-refractivity contribution in [3.05, 3.63) is 35.4 Å². The summed E-state index contributed by atoms with van der Waals surface area (Å²) in [4.78, 5) is 49.9. The number of amides is 4. The fraction of sp³-hybridized carbons (Fsp3) is 0.474. The monoisotopic (exact) mass is 411 g/mol. The Morgan fingerprint density at radius 1 is 1.31 bits per heavy atom. The molecule has 0 unspecified atom stereocenters. The van der Waals surface area contributed by atoms with E-state index < -0.39 is 53.6 Å². The molecule has 2 rings (SSSR count). The summed E-state index contributed by atoms with van der Waals surface area (Å²) < 4.78 is 32.4. The maximum absolute atomic E-state index is 14.2. The van der Waals surface area contributed by atoms with Gasteiger partial charge >= 0.3 is 12.0 Å². The number of carbonyl (C=O) groups excluding carboxylic acids is 4. The highest BCUT2D eigenvalue weighted by atomic mass is 19.1. The zero-order chi connectivity index (χ0) is 21.9. The third kappa shape index (κ3) is 4.36. The van der Waals surface area contributed by atoms with Gasteiger partial charge in [-0.3, -0.25) is 14.5 Å². The molecule has 1 aromatic rings. The van der Waals surface area contributed by atoms with E-state index in [-0.39, 0.29) is 11.5 Å². The molecule has 29 heavy (non-hydrogen) atoms. The normalized spacial score (nSPS) is 20.8. The van der Waals surface area contributed by atoms with Gasteiger partial charge in [0, 0.05) is 5.56 Å². The van der Waals surface area contributed by atoms with E-state index >= 15 is 0 Å². The van der Waals surface area contributed by atoms with Gasteiger partial charge in [0.2, 0.25) is 5.91 Å². The first-order chi connectivity index (χ1) is 13.5. The van der Waals surface area contributed by atoms with Gasteiger partial charge in [0.05, 0.1) is 7.11 Å². The minimum Gasteiger partial charge on any atom is -0.467 e. The number of halogens is 2. The van der Waals surface area contributed by atoms with E-state index in [1.54, 1.807) is 6.92 Å². The van der Waals surface area contributed by atoms with Crippen molar-refractivity contribution in [3.8, 4) is 0 Å². The Morgan fingerprint density at radius 3 is 2.55 bits per heavy atom. The number of nitrogens with one attached hydrogen (secondary N) is 2. The van der Waals surface area contributed by atoms with E-state index in [4.69, 9.17) is 0 Å². The molecule has 0 spiro atoms. The Hall–Kier alpha value is -3.04. The molecule has 0 saturated carbocycles. The van der Waals surface area contributed by atoms with Crippen LogP contribution in [0.15, 0.2) is 18.2 Å². The highest BCUT2D eigenvalue weighted by molar-refractivity contribution is 6.09. The lowest BCUT2D eigenvalue weighted by atomic mass is 9.91. The Kier molecular flexibility index (Phi) is 6.55. The summed E-state index contributed by atoms with van der Waals surface area (Å²) in [5.74, 6) is -4.25. The van der Waals surface area contributed by atoms with Crippen molar-refractivity contribution in [3.63, 3.8) is 0 Å². The number of imide groups is 1. The highest BCUT2D eigenvalue weighted by Crippen LogP contribution is 2.31. The van der Waals surface area contributed by atoms with Crippen LogP contribution < -0.4 is 10.6 Å². The summed E-state index contributed by atoms with van der Waals surface area (Å²) in [6.45, 7) is 4.09. The molecule has 1 aliphatic rings. The second-order valence-electron chi connectivity index (χ2n) is 7.02. The molecule has 10 heteroatoms. The van der Waals surface area contributed by atoms with Crippen LogP contribution in [0.25, 0.3) is 0 Å². The molecule has 1 aliphatic heterocycles. The maximum Gasteiger partial charge on any atom is 0.328 e. The van der Waals surface area contributed by atoms with Crippen molar-refractivity contribution in [1.29, 1.82) is 0 Å². The van der Waals surface area contributed by atoms with E-state index in [2.05, 4.69) is 15.4 Å². The van der Waals surface area contributed by atoms with Gasteiger partial charge in [0.15, 0.2) is 0 Å². The number of urea groups is 1. The van der Waals surface area contributed by atoms with Gasteiger partial charge in [-0.25, -0.2) is 18.4 Å². The van der Waals surface area contributed by atoms with Crippen LogP contribution in [0.4, 0.5) is 13.6 Å². The summed E-state index contributed by atoms with van der Waals surface area (Å²) in [7, 11) is 1.18. The summed E-state index contributed by atoms with van der Waals surface area (Å²) in [6.07, 6.45) is 0.570. The zero-order valence-corrected chi connectivity index (χ0v) is 16.5. The lowest BCUT2D eigenvalue weighted by Crippen LogP contribution is -2.50. The number of carbonyl (C=O) groups is 4. The van der Waals surface area contributed by atoms with Gasteiger partial charge in [0.1, 0.15) is 29.8 Å². The quantitative estimate of drug-likeness (QED) is 0.522. The van der Waals surface area contributed by atoms with E-state index in [0.717, 1.165) is 18.2 Å². The second-order valence-corrected chi connectivity index (χ2v) is 7.02. The minimum atomic E-state index is -1.87. The minimum absolute atomic E-state index is 0.249. The van der Waals surface area contributed by atoms with Gasteiger partial charge in [0.25, 0.3) is 5.91 Å². The second kappa shape index (κ2) is 8.54. The number of methoxy groups -OCH3 is 1. The first-order valence-electron chi connectivity index (χ1n) is 9.02. The van der Waals surface area contributed by atoms with E-state index in [0.29, 0.717) is 11.3 Å². The largest absolute Gasteiger partial charge is 0.467 e. The number of esters is 1. The van der Waals surface area contributed by atoms with Gasteiger partial charge in [-0.2, -0.15) is 0 Å². The molecule has 1 fully saturated rings. The number of benzene rings is 1. The van der Waals surface area contributed by atoms with Crippen molar-refractivity contribution < 1.29 is 32.7 Å². The Bertz CT molecular complexity index is 847. The first kappa shape index (κ1) is 22.3. The summed E-state index contributed by atoms with van der Waals surface area (Å²) in [6, 6.07) is 0.654. The van der Waals surface area contributed by atoms with Crippen LogP contribution in [0.1, 0.15) is 32.8 Å². The average Bonchev–Trinajstić information content (AvgIpc) is 2.90. The van der Waals surface area contributed by atoms with Crippen molar-refractivity contribution in [1.82, 2.24) is 15.5 Å². The molecule has 3 atom stereocenters. The molecule has 0 bridgehead atoms. The third-order valence-electron chi connectivity index (χ3n) is 5.03. The van der Waals surface area contributed by atoms with E-state index in [9.17, 15) is 28.0 Å². The molecule has 1 heterocycles. The van der Waals surface area contributed by atoms with Crippen molar-refractivity contribution in [2.75, 3.05) is 13.7 Å². The van der Waals surface area contributed by atoms with Crippen molar-refractivity contribution in [2.45, 2.75) is 38.8 Å². The number of ether oxygens (including phenoxy) is 1. The van der Waals surface area contributed by atoms with Crippen LogP contribution in [-0.4, -0.2) is 48.4 Å². The lowest BCUT2D eigenvalue weighted by molar-refractivity contribution is -0.146. The predicted octanol–water partition coefficient (Wildman–Crippen LogP) is 1.44. The fourth-order valence-electron chi connectivity index (χ4n) is 3.06. The lowest BCUT2D eigenvalue weighted by Gasteiger charge is -2.24. The smallest absolute Gasteiger partial charge is 0.328 e. The number of rotatable bonds is 7. The topological polar surface area (TPSA) is 105 Å². The number of hydrogen-bond donors (Lipinski definition) is 2. The summed E-state index contributed by atoms with van der Waals surface area (Å²) in [5.41, 5.74) is -2.23. The summed E-state index contributed by atoms with van der Waals surface area (Å²) >= 11 is 0. The van der Waals surface area contributed by atoms with Crippen molar-refractivity contribution >= 4 is 23.8 Å². The molecule has 1 aromatic carbocycles. The maximum atomic E-state index is 14.2. The van der Waals surface area contributed by atoms with Crippen LogP contribution in [0.3, 0.4) is 0 Å². The fourth-order valence-corrected chi connectivity index (χ4v) is 3.06. The van der Waals surface area contributed by atoms with Crippen LogP contribution in [0, 0.1) is 17.6 Å². The van der Waals surface area contributed by atoms with Crippen molar-refractivity contribution in [2.24, 2.45) is 5.92 Å². The molecular weight excluding hydrogens is 388 g/mol. The van der Waals surface area contributed by atoms with Gasteiger partial charge in [-0.05, 0) is 31.0 Å². The molecule has 0 aromatic heterocycles. The first-order valence-corrected chi connectivity index (χ1v) is 9.02. The van der Waals surface area contributed by atoms with Gasteiger partial charge in [-0.15, -0.1) is 0 Å². The highest BCUT2D eigenvalue weighted by Gasteiger charge is 2.51.